The maximum Gasteiger partial charge on any atom is 0.252 e. The number of aromatic nitrogens is 4. The summed E-state index contributed by atoms with van der Waals surface area (Å²) in [4.78, 5) is 21.5. The predicted molar refractivity (Wildman–Crippen MR) is 109 cm³/mol. The summed E-state index contributed by atoms with van der Waals surface area (Å²) in [5.41, 5.74) is 4.56. The molecule has 0 saturated heterocycles. The number of amides is 1. The van der Waals surface area contributed by atoms with Crippen molar-refractivity contribution < 1.29 is 9.53 Å². The van der Waals surface area contributed by atoms with Crippen molar-refractivity contribution in [1.82, 2.24) is 19.7 Å². The topological polar surface area (TPSA) is 81.9 Å². The van der Waals surface area contributed by atoms with Gasteiger partial charge in [0.25, 0.3) is 5.95 Å². The molecular weight excluding hydrogens is 374 g/mol. The van der Waals surface area contributed by atoms with Crippen LogP contribution in [0.1, 0.15) is 33.5 Å². The lowest BCUT2D eigenvalue weighted by Crippen LogP contribution is -2.17. The van der Waals surface area contributed by atoms with Crippen LogP contribution in [0.2, 0.25) is 0 Å². The van der Waals surface area contributed by atoms with Crippen molar-refractivity contribution in [2.45, 2.75) is 26.0 Å². The Balaban J connectivity index is 1.90. The van der Waals surface area contributed by atoms with E-state index in [-0.39, 0.29) is 11.2 Å². The molecule has 3 heterocycles. The molecule has 0 bridgehead atoms. The van der Waals surface area contributed by atoms with Crippen LogP contribution in [0.15, 0.2) is 30.3 Å². The van der Waals surface area contributed by atoms with Crippen LogP contribution in [-0.4, -0.2) is 38.5 Å². The summed E-state index contributed by atoms with van der Waals surface area (Å²) in [6, 6.07) is 9.83. The molecule has 1 aliphatic rings. The first-order valence-electron chi connectivity index (χ1n) is 8.94. The molecule has 0 spiro atoms. The molecule has 0 aliphatic carbocycles. The molecule has 1 aromatic carbocycles. The summed E-state index contributed by atoms with van der Waals surface area (Å²) in [7, 11) is 1.65. The third kappa shape index (κ3) is 3.35. The predicted octanol–water partition coefficient (Wildman–Crippen LogP) is 3.37. The highest BCUT2D eigenvalue weighted by molar-refractivity contribution is 8.00. The Bertz CT molecular complexity index is 1040. The second-order valence-corrected chi connectivity index (χ2v) is 7.82. The van der Waals surface area contributed by atoms with E-state index in [1.54, 1.807) is 23.6 Å². The van der Waals surface area contributed by atoms with Gasteiger partial charge in [0.05, 0.1) is 23.8 Å². The average molecular weight is 395 g/mol. The zero-order valence-electron chi connectivity index (χ0n) is 16.2. The molecule has 0 fully saturated rings. The van der Waals surface area contributed by atoms with Crippen molar-refractivity contribution in [3.8, 4) is 11.7 Å². The monoisotopic (exact) mass is 395 g/mol. The largest absolute Gasteiger partial charge is 0.497 e. The van der Waals surface area contributed by atoms with Crippen molar-refractivity contribution in [1.29, 1.82) is 0 Å². The molecule has 0 radical (unpaired) electrons. The van der Waals surface area contributed by atoms with Gasteiger partial charge in [-0.1, -0.05) is 12.1 Å². The highest BCUT2D eigenvalue weighted by Gasteiger charge is 2.31. The molecule has 144 valence electrons. The SMILES string of the molecule is COc1cccc([C@H]2SCC(=O)Nc3c2c(C)nn3-c2nc(C)cc(C)n2)c1. The van der Waals surface area contributed by atoms with Gasteiger partial charge in [-0.2, -0.15) is 9.78 Å². The van der Waals surface area contributed by atoms with Gasteiger partial charge in [-0.15, -0.1) is 11.8 Å². The summed E-state index contributed by atoms with van der Waals surface area (Å²) in [5, 5.41) is 7.63. The Hall–Kier alpha value is -2.87. The Morgan fingerprint density at radius 3 is 2.64 bits per heavy atom. The molecule has 1 aliphatic heterocycles. The first kappa shape index (κ1) is 18.5. The van der Waals surface area contributed by atoms with Gasteiger partial charge in [0, 0.05) is 17.0 Å². The molecule has 1 N–H and O–H groups in total. The van der Waals surface area contributed by atoms with E-state index in [9.17, 15) is 4.79 Å². The van der Waals surface area contributed by atoms with Crippen LogP contribution in [0.25, 0.3) is 5.95 Å². The van der Waals surface area contributed by atoms with E-state index in [2.05, 4.69) is 20.4 Å². The highest BCUT2D eigenvalue weighted by Crippen LogP contribution is 2.44. The lowest BCUT2D eigenvalue weighted by atomic mass is 10.0. The quantitative estimate of drug-likeness (QED) is 0.732. The maximum atomic E-state index is 12.4. The highest BCUT2D eigenvalue weighted by atomic mass is 32.2. The fourth-order valence-corrected chi connectivity index (χ4v) is 4.58. The standard InChI is InChI=1S/C20H21N5O2S/c1-11-8-12(2)22-20(21-11)25-19-17(13(3)24-25)18(28-10-16(26)23-19)14-6-5-7-15(9-14)27-4/h5-9,18H,10H2,1-4H3,(H,23,26)/t18-/m1/s1. The number of anilines is 1. The Morgan fingerprint density at radius 1 is 1.18 bits per heavy atom. The van der Waals surface area contributed by atoms with Gasteiger partial charge in [0.15, 0.2) is 0 Å². The Kier molecular flexibility index (Phi) is 4.80. The number of benzene rings is 1. The van der Waals surface area contributed by atoms with Gasteiger partial charge in [-0.3, -0.25) is 4.79 Å². The number of nitrogens with one attached hydrogen (secondary N) is 1. The number of carbonyl (C=O) groups is 1. The average Bonchev–Trinajstić information content (AvgIpc) is 2.87. The van der Waals surface area contributed by atoms with Gasteiger partial charge in [-0.05, 0) is 44.5 Å². The number of thioether (sulfide) groups is 1. The number of hydrogen-bond donors (Lipinski definition) is 1. The number of rotatable bonds is 3. The second-order valence-electron chi connectivity index (χ2n) is 6.73. The van der Waals surface area contributed by atoms with E-state index in [1.807, 2.05) is 51.1 Å². The Labute approximate surface area is 167 Å². The summed E-state index contributed by atoms with van der Waals surface area (Å²) >= 11 is 1.57. The zero-order chi connectivity index (χ0) is 19.8. The van der Waals surface area contributed by atoms with E-state index in [0.717, 1.165) is 34.0 Å². The fraction of sp³-hybridized carbons (Fsp3) is 0.300. The normalized spacial score (nSPS) is 16.3. The third-order valence-corrected chi connectivity index (χ3v) is 5.83. The van der Waals surface area contributed by atoms with E-state index in [0.29, 0.717) is 17.5 Å². The van der Waals surface area contributed by atoms with Crippen molar-refractivity contribution >= 4 is 23.5 Å². The van der Waals surface area contributed by atoms with Gasteiger partial charge in [0.2, 0.25) is 5.91 Å². The van der Waals surface area contributed by atoms with E-state index < -0.39 is 0 Å². The Morgan fingerprint density at radius 2 is 1.93 bits per heavy atom. The molecular formula is C20H21N5O2S. The first-order chi connectivity index (χ1) is 13.5. The van der Waals surface area contributed by atoms with Gasteiger partial charge in [-0.25, -0.2) is 9.97 Å². The third-order valence-electron chi connectivity index (χ3n) is 4.56. The summed E-state index contributed by atoms with van der Waals surface area (Å²) in [6.07, 6.45) is 0. The van der Waals surface area contributed by atoms with Crippen LogP contribution in [0.5, 0.6) is 5.75 Å². The number of nitrogens with zero attached hydrogens (tertiary/aromatic N) is 4. The van der Waals surface area contributed by atoms with Gasteiger partial charge in [0.1, 0.15) is 11.6 Å². The number of aryl methyl sites for hydroxylation is 3. The minimum absolute atomic E-state index is 0.0521. The van der Waals surface area contributed by atoms with Crippen molar-refractivity contribution in [3.63, 3.8) is 0 Å². The van der Waals surface area contributed by atoms with Crippen LogP contribution in [0, 0.1) is 20.8 Å². The van der Waals surface area contributed by atoms with Crippen molar-refractivity contribution in [2.24, 2.45) is 0 Å². The molecule has 4 rings (SSSR count). The molecule has 3 aromatic rings. The molecule has 2 aromatic heterocycles. The number of methoxy groups -OCH3 is 1. The first-order valence-corrected chi connectivity index (χ1v) is 9.98. The summed E-state index contributed by atoms with van der Waals surface area (Å²) in [5.74, 6) is 2.15. The zero-order valence-corrected chi connectivity index (χ0v) is 17.0. The minimum atomic E-state index is -0.0674. The molecule has 0 saturated carbocycles. The van der Waals surface area contributed by atoms with E-state index >= 15 is 0 Å². The van der Waals surface area contributed by atoms with Crippen LogP contribution >= 0.6 is 11.8 Å². The van der Waals surface area contributed by atoms with Crippen molar-refractivity contribution in [3.05, 3.63) is 58.5 Å². The van der Waals surface area contributed by atoms with Crippen LogP contribution in [-0.2, 0) is 4.79 Å². The van der Waals surface area contributed by atoms with Crippen LogP contribution < -0.4 is 10.1 Å². The maximum absolute atomic E-state index is 12.4. The summed E-state index contributed by atoms with van der Waals surface area (Å²) < 4.78 is 7.02. The fourth-order valence-electron chi connectivity index (χ4n) is 3.40. The smallest absolute Gasteiger partial charge is 0.252 e. The second kappa shape index (κ2) is 7.27. The molecule has 1 atom stereocenters. The van der Waals surface area contributed by atoms with Crippen molar-refractivity contribution in [2.75, 3.05) is 18.2 Å². The molecule has 0 unspecified atom stereocenters. The van der Waals surface area contributed by atoms with Crippen LogP contribution in [0.3, 0.4) is 0 Å². The molecule has 7 nitrogen and oxygen atoms in total. The number of fused-ring (bicyclic) bond motifs is 1. The summed E-state index contributed by atoms with van der Waals surface area (Å²) in [6.45, 7) is 5.78. The number of hydrogen-bond acceptors (Lipinski definition) is 6. The minimum Gasteiger partial charge on any atom is -0.497 e. The molecule has 28 heavy (non-hydrogen) atoms. The lowest BCUT2D eigenvalue weighted by Gasteiger charge is -2.16. The van der Waals surface area contributed by atoms with Crippen LogP contribution in [0.4, 0.5) is 5.82 Å². The molecule has 8 heteroatoms. The lowest BCUT2D eigenvalue weighted by molar-refractivity contribution is -0.113. The van der Waals surface area contributed by atoms with Gasteiger partial charge < -0.3 is 10.1 Å². The molecule has 1 amide bonds. The van der Waals surface area contributed by atoms with E-state index in [4.69, 9.17) is 4.74 Å². The number of carbonyl (C=O) groups excluding carboxylic acids is 1. The number of ether oxygens (including phenoxy) is 1. The van der Waals surface area contributed by atoms with E-state index in [1.165, 1.54) is 0 Å². The van der Waals surface area contributed by atoms with Gasteiger partial charge >= 0.3 is 0 Å².